The van der Waals surface area contributed by atoms with E-state index in [0.717, 1.165) is 44.4 Å². The zero-order valence-electron chi connectivity index (χ0n) is 17.7. The molecule has 0 unspecified atom stereocenters. The Morgan fingerprint density at radius 1 is 0.967 bits per heavy atom. The molecule has 30 heavy (non-hydrogen) atoms. The molecule has 1 aliphatic heterocycles. The Morgan fingerprint density at radius 3 is 2.07 bits per heavy atom. The fourth-order valence-corrected chi connectivity index (χ4v) is 5.50. The molecule has 167 valence electrons. The van der Waals surface area contributed by atoms with Crippen LogP contribution in [-0.4, -0.2) is 38.3 Å². The second kappa shape index (κ2) is 12.4. The van der Waals surface area contributed by atoms with Crippen molar-refractivity contribution < 1.29 is 17.6 Å². The molecule has 3 rings (SSSR count). The number of nitrogens with zero attached hydrogens (tertiary/aromatic N) is 1. The molecule has 0 bridgehead atoms. The highest BCUT2D eigenvalue weighted by atomic mass is 32.2. The van der Waals surface area contributed by atoms with Crippen LogP contribution >= 0.6 is 0 Å². The molecule has 1 N–H and O–H groups in total. The first-order valence-electron chi connectivity index (χ1n) is 10.4. The molecule has 0 atom stereocenters. The predicted molar refractivity (Wildman–Crippen MR) is 117 cm³/mol. The molecule has 1 aliphatic carbocycles. The summed E-state index contributed by atoms with van der Waals surface area (Å²) in [5.74, 6) is 0.952. The van der Waals surface area contributed by atoms with E-state index >= 15 is 0 Å². The number of benzene rings is 1. The van der Waals surface area contributed by atoms with Crippen LogP contribution in [0.1, 0.15) is 57.8 Å². The summed E-state index contributed by atoms with van der Waals surface area (Å²) in [6.07, 6.45) is 9.13. The molecule has 1 amide bonds. The SMILES string of the molecule is O=C(NCC1CCN(S(=O)(=O)c2ccc(F)cc2)CC1)[C]1CCCCCCC1.[CH2].[CH2]. The van der Waals surface area contributed by atoms with E-state index < -0.39 is 15.8 Å². The Morgan fingerprint density at radius 2 is 1.50 bits per heavy atom. The van der Waals surface area contributed by atoms with Crippen LogP contribution in [0.15, 0.2) is 29.2 Å². The maximum Gasteiger partial charge on any atom is 0.243 e. The molecule has 7 heteroatoms. The van der Waals surface area contributed by atoms with Gasteiger partial charge in [0.1, 0.15) is 5.82 Å². The first kappa shape index (κ1) is 26.6. The third kappa shape index (κ3) is 7.05. The number of carbonyl (C=O) groups excluding carboxylic acids is 1. The normalized spacial score (nSPS) is 19.6. The van der Waals surface area contributed by atoms with E-state index in [9.17, 15) is 17.6 Å². The van der Waals surface area contributed by atoms with Crippen LogP contribution in [0.3, 0.4) is 0 Å². The van der Waals surface area contributed by atoms with Gasteiger partial charge in [0.15, 0.2) is 0 Å². The summed E-state index contributed by atoms with van der Waals surface area (Å²) >= 11 is 0. The Hall–Kier alpha value is -1.47. The van der Waals surface area contributed by atoms with Crippen molar-refractivity contribution in [2.45, 2.75) is 62.7 Å². The number of piperidine rings is 1. The van der Waals surface area contributed by atoms with Crippen LogP contribution < -0.4 is 5.32 Å². The highest BCUT2D eigenvalue weighted by molar-refractivity contribution is 7.89. The van der Waals surface area contributed by atoms with Gasteiger partial charge in [0.25, 0.3) is 0 Å². The third-order valence-corrected chi connectivity index (χ3v) is 7.77. The molecule has 5 nitrogen and oxygen atoms in total. The Balaban J connectivity index is 0.00000225. The van der Waals surface area contributed by atoms with Gasteiger partial charge in [0.2, 0.25) is 15.9 Å². The molecule has 1 heterocycles. The van der Waals surface area contributed by atoms with Gasteiger partial charge in [-0.05, 0) is 55.9 Å². The lowest BCUT2D eigenvalue weighted by atomic mass is 9.90. The molecule has 1 saturated heterocycles. The monoisotopic (exact) mass is 437 g/mol. The number of hydrogen-bond donors (Lipinski definition) is 1. The first-order chi connectivity index (χ1) is 13.5. The fourth-order valence-electron chi connectivity index (χ4n) is 4.03. The van der Waals surface area contributed by atoms with E-state index in [1.165, 1.54) is 47.8 Å². The number of sulfonamides is 1. The molecule has 0 spiro atoms. The number of carbonyl (C=O) groups is 1. The van der Waals surface area contributed by atoms with E-state index in [-0.39, 0.29) is 31.6 Å². The highest BCUT2D eigenvalue weighted by Crippen LogP contribution is 2.26. The lowest BCUT2D eigenvalue weighted by Crippen LogP contribution is -2.42. The van der Waals surface area contributed by atoms with Crippen LogP contribution in [0.2, 0.25) is 0 Å². The second-order valence-electron chi connectivity index (χ2n) is 7.88. The predicted octanol–water partition coefficient (Wildman–Crippen LogP) is 4.32. The maximum absolute atomic E-state index is 13.1. The fraction of sp³-hybridized carbons (Fsp3) is 0.565. The molecule has 2 fully saturated rings. The van der Waals surface area contributed by atoms with Crippen molar-refractivity contribution in [1.82, 2.24) is 9.62 Å². The summed E-state index contributed by atoms with van der Waals surface area (Å²) < 4.78 is 39.8. The van der Waals surface area contributed by atoms with Crippen molar-refractivity contribution in [3.05, 3.63) is 50.9 Å². The summed E-state index contributed by atoms with van der Waals surface area (Å²) in [6, 6.07) is 4.96. The zero-order chi connectivity index (χ0) is 20.0. The number of nitrogens with one attached hydrogen (secondary N) is 1. The molecule has 2 aliphatic rings. The average Bonchev–Trinajstić information content (AvgIpc) is 2.66. The zero-order valence-corrected chi connectivity index (χ0v) is 18.6. The minimum atomic E-state index is -3.58. The van der Waals surface area contributed by atoms with Crippen LogP contribution in [0.4, 0.5) is 4.39 Å². The Kier molecular flexibility index (Phi) is 11.0. The highest BCUT2D eigenvalue weighted by Gasteiger charge is 2.30. The Bertz CT molecular complexity index is 736. The average molecular weight is 438 g/mol. The smallest absolute Gasteiger partial charge is 0.243 e. The van der Waals surface area contributed by atoms with Gasteiger partial charge in [-0.25, -0.2) is 12.8 Å². The van der Waals surface area contributed by atoms with E-state index in [0.29, 0.717) is 19.6 Å². The summed E-state index contributed by atoms with van der Waals surface area (Å²) in [7, 11) is -3.58. The topological polar surface area (TPSA) is 66.5 Å². The quantitative estimate of drug-likeness (QED) is 0.746. The van der Waals surface area contributed by atoms with Crippen LogP contribution in [0.25, 0.3) is 0 Å². The molecular formula is C23H34FN2O3S. The van der Waals surface area contributed by atoms with Gasteiger partial charge >= 0.3 is 0 Å². The number of rotatable bonds is 5. The molecule has 1 aromatic rings. The van der Waals surface area contributed by atoms with Crippen molar-refractivity contribution in [1.29, 1.82) is 0 Å². The van der Waals surface area contributed by atoms with E-state index in [4.69, 9.17) is 0 Å². The summed E-state index contributed by atoms with van der Waals surface area (Å²) in [5.41, 5.74) is 0. The largest absolute Gasteiger partial charge is 0.355 e. The molecular weight excluding hydrogens is 403 g/mol. The molecule has 1 saturated carbocycles. The minimum Gasteiger partial charge on any atom is -0.355 e. The number of amides is 1. The van der Waals surface area contributed by atoms with Crippen LogP contribution in [0, 0.1) is 32.5 Å². The molecule has 1 aromatic carbocycles. The van der Waals surface area contributed by atoms with Gasteiger partial charge in [-0.15, -0.1) is 0 Å². The van der Waals surface area contributed by atoms with Crippen LogP contribution in [-0.2, 0) is 14.8 Å². The summed E-state index contributed by atoms with van der Waals surface area (Å²) in [6.45, 7) is 1.46. The van der Waals surface area contributed by atoms with Crippen LogP contribution in [0.5, 0.6) is 0 Å². The van der Waals surface area contributed by atoms with Crippen molar-refractivity contribution in [3.63, 3.8) is 0 Å². The van der Waals surface area contributed by atoms with Gasteiger partial charge in [0.05, 0.1) is 10.8 Å². The van der Waals surface area contributed by atoms with Gasteiger partial charge in [-0.3, -0.25) is 4.79 Å². The van der Waals surface area contributed by atoms with Gasteiger partial charge in [0, 0.05) is 19.6 Å². The van der Waals surface area contributed by atoms with E-state index in [1.54, 1.807) is 0 Å². The van der Waals surface area contributed by atoms with Crippen molar-refractivity contribution in [2.75, 3.05) is 19.6 Å². The lowest BCUT2D eigenvalue weighted by molar-refractivity contribution is -0.120. The van der Waals surface area contributed by atoms with Gasteiger partial charge in [-0.1, -0.05) is 47.0 Å². The summed E-state index contributed by atoms with van der Waals surface area (Å²) in [5, 5.41) is 3.08. The Labute approximate surface area is 182 Å². The van der Waals surface area contributed by atoms with E-state index in [2.05, 4.69) is 5.32 Å². The molecule has 5 radical (unpaired) electrons. The van der Waals surface area contributed by atoms with E-state index in [1.807, 2.05) is 0 Å². The standard InChI is InChI=1S/C21H30FN2O3S.2CH2/c22-19-8-10-20(11-9-19)28(26,27)24-14-12-17(13-15-24)16-23-21(25)18-6-4-2-1-3-5-7-18;;/h8-11,17H,1-7,12-16H2,(H,23,25);2*1H2. The van der Waals surface area contributed by atoms with Gasteiger partial charge in [-0.2, -0.15) is 4.31 Å². The van der Waals surface area contributed by atoms with Crippen molar-refractivity contribution in [3.8, 4) is 0 Å². The first-order valence-corrected chi connectivity index (χ1v) is 11.8. The van der Waals surface area contributed by atoms with Crippen molar-refractivity contribution in [2.24, 2.45) is 5.92 Å². The third-order valence-electron chi connectivity index (χ3n) is 5.85. The summed E-state index contributed by atoms with van der Waals surface area (Å²) in [4.78, 5) is 12.6. The maximum atomic E-state index is 13.1. The van der Waals surface area contributed by atoms with Crippen molar-refractivity contribution >= 4 is 15.9 Å². The van der Waals surface area contributed by atoms with Gasteiger partial charge < -0.3 is 5.32 Å². The number of halogens is 1. The molecule has 0 aromatic heterocycles. The minimum absolute atomic E-state index is 0. The second-order valence-corrected chi connectivity index (χ2v) is 9.82. The lowest BCUT2D eigenvalue weighted by Gasteiger charge is -2.31. The number of hydrogen-bond acceptors (Lipinski definition) is 3.